The van der Waals surface area contributed by atoms with E-state index in [0.29, 0.717) is 18.9 Å². The number of aliphatic hydroxyl groups excluding tert-OH is 2. The lowest BCUT2D eigenvalue weighted by Gasteiger charge is -2.38. The van der Waals surface area contributed by atoms with E-state index in [4.69, 9.17) is 14.2 Å². The number of aliphatic hydroxyl groups is 2. The Morgan fingerprint density at radius 1 is 1.08 bits per heavy atom. The second-order valence-corrected chi connectivity index (χ2v) is 10.7. The maximum absolute atomic E-state index is 13.5. The number of ether oxygens (including phenoxy) is 3. The molecule has 0 bridgehead atoms. The highest BCUT2D eigenvalue weighted by molar-refractivity contribution is 5.32. The number of rotatable bonds is 8. The van der Waals surface area contributed by atoms with Gasteiger partial charge in [-0.3, -0.25) is 0 Å². The molecule has 0 aromatic carbocycles. The molecule has 0 radical (unpaired) electrons. The van der Waals surface area contributed by atoms with Crippen LogP contribution in [-0.4, -0.2) is 41.9 Å². The minimum absolute atomic E-state index is 0.0195. The van der Waals surface area contributed by atoms with Crippen LogP contribution in [-0.2, 0) is 14.2 Å². The molecule has 3 aliphatic carbocycles. The molecule has 7 unspecified atom stereocenters. The van der Waals surface area contributed by atoms with Crippen molar-refractivity contribution in [1.29, 1.82) is 0 Å². The molecule has 2 heterocycles. The van der Waals surface area contributed by atoms with Crippen LogP contribution >= 0.6 is 0 Å². The molecule has 0 aromatic heterocycles. The first-order valence-corrected chi connectivity index (χ1v) is 13.7. The highest BCUT2D eigenvalue weighted by atomic mass is 19.1. The van der Waals surface area contributed by atoms with Crippen molar-refractivity contribution in [3.8, 4) is 0 Å². The summed E-state index contributed by atoms with van der Waals surface area (Å²) >= 11 is 0. The molecule has 0 spiro atoms. The van der Waals surface area contributed by atoms with Crippen molar-refractivity contribution in [1.82, 2.24) is 0 Å². The molecule has 0 aromatic rings. The molecule has 7 atom stereocenters. The Morgan fingerprint density at radius 3 is 2.89 bits per heavy atom. The zero-order chi connectivity index (χ0) is 24.9. The van der Waals surface area contributed by atoms with Gasteiger partial charge in [0.25, 0.3) is 0 Å². The van der Waals surface area contributed by atoms with Crippen LogP contribution in [0.5, 0.6) is 0 Å². The molecule has 6 heteroatoms. The van der Waals surface area contributed by atoms with E-state index >= 15 is 0 Å². The summed E-state index contributed by atoms with van der Waals surface area (Å²) in [6.07, 6.45) is 23.6. The first-order valence-electron chi connectivity index (χ1n) is 13.7. The van der Waals surface area contributed by atoms with Crippen molar-refractivity contribution >= 4 is 0 Å². The van der Waals surface area contributed by atoms with E-state index in [9.17, 15) is 14.6 Å². The van der Waals surface area contributed by atoms with E-state index in [1.54, 1.807) is 17.7 Å². The van der Waals surface area contributed by atoms with Gasteiger partial charge in [-0.25, -0.2) is 4.39 Å². The number of fused-ring (bicyclic) bond motifs is 2. The first-order chi connectivity index (χ1) is 17.6. The Bertz CT molecular complexity index is 960. The maximum atomic E-state index is 13.5. The third-order valence-electron chi connectivity index (χ3n) is 8.31. The standard InChI is InChI=1S/C30H39FO5/c31-23-10-12-26-27(19-35-28(26)16-23)21-7-4-6-20(8-9-21)5-2-1-3-14-34-24-11-13-25-22(18-32)15-30(33)36-29(25)17-24/h5,10-13,16-17,19,21-22,25-26,28-30,32-33H,1-4,6-9,14-15,18H2. The highest BCUT2D eigenvalue weighted by Gasteiger charge is 2.37. The second-order valence-electron chi connectivity index (χ2n) is 10.7. The number of allylic oxidation sites excluding steroid dienone is 5. The van der Waals surface area contributed by atoms with Crippen LogP contribution < -0.4 is 0 Å². The zero-order valence-electron chi connectivity index (χ0n) is 20.9. The molecule has 1 saturated heterocycles. The molecule has 5 nitrogen and oxygen atoms in total. The molecule has 2 N–H and O–H groups in total. The van der Waals surface area contributed by atoms with Gasteiger partial charge < -0.3 is 24.4 Å². The number of halogens is 1. The Hall–Kier alpha value is -2.15. The predicted octanol–water partition coefficient (Wildman–Crippen LogP) is 5.79. The van der Waals surface area contributed by atoms with Gasteiger partial charge in [0, 0.05) is 24.9 Å². The van der Waals surface area contributed by atoms with Crippen molar-refractivity contribution in [3.05, 3.63) is 71.5 Å². The third-order valence-corrected chi connectivity index (χ3v) is 8.31. The van der Waals surface area contributed by atoms with Gasteiger partial charge in [0.2, 0.25) is 0 Å². The summed E-state index contributed by atoms with van der Waals surface area (Å²) in [6, 6.07) is 0. The largest absolute Gasteiger partial charge is 0.494 e. The second kappa shape index (κ2) is 11.9. The molecule has 0 amide bonds. The summed E-state index contributed by atoms with van der Waals surface area (Å²) in [5.74, 6) is 1.43. The van der Waals surface area contributed by atoms with Crippen LogP contribution in [0.3, 0.4) is 0 Å². The van der Waals surface area contributed by atoms with Gasteiger partial charge in [-0.2, -0.15) is 0 Å². The van der Waals surface area contributed by atoms with Crippen LogP contribution in [0.25, 0.3) is 0 Å². The number of unbranched alkanes of at least 4 members (excludes halogenated alkanes) is 2. The van der Waals surface area contributed by atoms with E-state index in [2.05, 4.69) is 6.08 Å². The van der Waals surface area contributed by atoms with Crippen LogP contribution in [0.4, 0.5) is 4.39 Å². The topological polar surface area (TPSA) is 68.2 Å². The molecule has 36 heavy (non-hydrogen) atoms. The fraction of sp³-hybridized carbons (Fsp3) is 0.600. The van der Waals surface area contributed by atoms with E-state index < -0.39 is 6.29 Å². The molecule has 1 saturated carbocycles. The maximum Gasteiger partial charge on any atom is 0.155 e. The quantitative estimate of drug-likeness (QED) is 0.252. The van der Waals surface area contributed by atoms with Crippen molar-refractivity contribution < 1.29 is 28.8 Å². The summed E-state index contributed by atoms with van der Waals surface area (Å²) in [7, 11) is 0. The summed E-state index contributed by atoms with van der Waals surface area (Å²) in [5.41, 5.74) is 2.91. The van der Waals surface area contributed by atoms with Crippen molar-refractivity contribution in [2.75, 3.05) is 13.2 Å². The summed E-state index contributed by atoms with van der Waals surface area (Å²) in [6.45, 7) is 0.708. The fourth-order valence-corrected chi connectivity index (χ4v) is 6.28. The summed E-state index contributed by atoms with van der Waals surface area (Å²) < 4.78 is 30.9. The van der Waals surface area contributed by atoms with Gasteiger partial charge in [0.15, 0.2) is 6.29 Å². The van der Waals surface area contributed by atoms with Crippen LogP contribution in [0, 0.1) is 23.7 Å². The molecule has 2 aliphatic heterocycles. The molecule has 5 aliphatic rings. The van der Waals surface area contributed by atoms with Crippen molar-refractivity contribution in [2.24, 2.45) is 23.7 Å². The monoisotopic (exact) mass is 498 g/mol. The van der Waals surface area contributed by atoms with E-state index in [1.165, 1.54) is 24.8 Å². The van der Waals surface area contributed by atoms with E-state index in [1.807, 2.05) is 30.6 Å². The van der Waals surface area contributed by atoms with Crippen LogP contribution in [0.2, 0.25) is 0 Å². The van der Waals surface area contributed by atoms with Crippen molar-refractivity contribution in [2.45, 2.75) is 76.3 Å². The Labute approximate surface area is 213 Å². The van der Waals surface area contributed by atoms with Crippen molar-refractivity contribution in [3.63, 3.8) is 0 Å². The van der Waals surface area contributed by atoms with Gasteiger partial charge in [-0.05, 0) is 93.1 Å². The molecule has 2 fully saturated rings. The van der Waals surface area contributed by atoms with Gasteiger partial charge in [-0.15, -0.1) is 0 Å². The molecular weight excluding hydrogens is 459 g/mol. The lowest BCUT2D eigenvalue weighted by Crippen LogP contribution is -2.41. The Morgan fingerprint density at radius 2 is 2.00 bits per heavy atom. The lowest BCUT2D eigenvalue weighted by molar-refractivity contribution is -0.183. The number of hydrogen-bond acceptors (Lipinski definition) is 5. The smallest absolute Gasteiger partial charge is 0.155 e. The summed E-state index contributed by atoms with van der Waals surface area (Å²) in [5, 5.41) is 19.5. The van der Waals surface area contributed by atoms with Gasteiger partial charge in [0.1, 0.15) is 17.7 Å². The minimum Gasteiger partial charge on any atom is -0.494 e. The van der Waals surface area contributed by atoms with Gasteiger partial charge in [0.05, 0.1) is 19.0 Å². The van der Waals surface area contributed by atoms with Crippen LogP contribution in [0.15, 0.2) is 71.5 Å². The minimum atomic E-state index is -0.828. The molecule has 196 valence electrons. The summed E-state index contributed by atoms with van der Waals surface area (Å²) in [4.78, 5) is 0. The molecule has 5 rings (SSSR count). The van der Waals surface area contributed by atoms with Gasteiger partial charge in [-0.1, -0.05) is 23.8 Å². The Balaban J connectivity index is 1.01. The first kappa shape index (κ1) is 25.5. The van der Waals surface area contributed by atoms with E-state index in [-0.39, 0.29) is 42.4 Å². The normalized spacial score (nSPS) is 36.8. The average molecular weight is 499 g/mol. The van der Waals surface area contributed by atoms with E-state index in [0.717, 1.165) is 37.9 Å². The van der Waals surface area contributed by atoms with Crippen LogP contribution in [0.1, 0.15) is 57.8 Å². The number of hydrogen-bond donors (Lipinski definition) is 2. The average Bonchev–Trinajstić information content (AvgIpc) is 3.14. The Kier molecular flexibility index (Phi) is 8.45. The highest BCUT2D eigenvalue weighted by Crippen LogP contribution is 2.42. The molecular formula is C30H39FO5. The lowest BCUT2D eigenvalue weighted by atomic mass is 9.81. The predicted molar refractivity (Wildman–Crippen MR) is 136 cm³/mol. The SMILES string of the molecule is OCC1CC(O)OC2C=C(OCCCCC=C3CCCC(C4=COC5C=C(F)C=CC45)CC3)C=CC12. The third kappa shape index (κ3) is 6.04. The van der Waals surface area contributed by atoms with Gasteiger partial charge >= 0.3 is 0 Å². The zero-order valence-corrected chi connectivity index (χ0v) is 20.9. The fourth-order valence-electron chi connectivity index (χ4n) is 6.28.